The smallest absolute Gasteiger partial charge is 0.338 e. The van der Waals surface area contributed by atoms with Gasteiger partial charge in [0.15, 0.2) is 6.61 Å². The number of aryl methyl sites for hydroxylation is 1. The third-order valence-electron chi connectivity index (χ3n) is 5.92. The van der Waals surface area contributed by atoms with E-state index in [1.165, 1.54) is 12.1 Å². The molecule has 7 nitrogen and oxygen atoms in total. The Morgan fingerprint density at radius 1 is 1.00 bits per heavy atom. The number of halogens is 2. The molecular weight excluding hydrogens is 467 g/mol. The van der Waals surface area contributed by atoms with Gasteiger partial charge in [0.05, 0.1) is 33.8 Å². The van der Waals surface area contributed by atoms with E-state index in [0.717, 1.165) is 10.5 Å². The number of carbonyl (C=O) groups is 4. The minimum atomic E-state index is -0.742. The van der Waals surface area contributed by atoms with Gasteiger partial charge in [-0.3, -0.25) is 19.3 Å². The van der Waals surface area contributed by atoms with E-state index < -0.39 is 30.3 Å². The predicted octanol–water partition coefficient (Wildman–Crippen LogP) is 3.90. The summed E-state index contributed by atoms with van der Waals surface area (Å²) in [6.45, 7) is 1.46. The Balaban J connectivity index is 1.41. The molecule has 0 bridgehead atoms. The maximum atomic E-state index is 12.9. The second kappa shape index (κ2) is 9.53. The van der Waals surface area contributed by atoms with Crippen LogP contribution in [0.1, 0.15) is 28.8 Å². The lowest BCUT2D eigenvalue weighted by atomic mass is 9.80. The molecule has 1 saturated carbocycles. The molecule has 1 saturated heterocycles. The maximum absolute atomic E-state index is 12.9. The molecule has 4 rings (SSSR count). The van der Waals surface area contributed by atoms with E-state index in [4.69, 9.17) is 27.9 Å². The molecule has 2 fully saturated rings. The highest BCUT2D eigenvalue weighted by atomic mass is 35.5. The van der Waals surface area contributed by atoms with Gasteiger partial charge in [-0.15, -0.1) is 23.2 Å². The number of hydrogen-bond donors (Lipinski definition) is 1. The van der Waals surface area contributed by atoms with E-state index in [9.17, 15) is 19.2 Å². The van der Waals surface area contributed by atoms with Crippen LogP contribution < -0.4 is 10.2 Å². The van der Waals surface area contributed by atoms with E-state index in [1.54, 1.807) is 24.3 Å². The maximum Gasteiger partial charge on any atom is 0.338 e. The molecule has 1 heterocycles. The number of anilines is 2. The lowest BCUT2D eigenvalue weighted by molar-refractivity contribution is -0.122. The van der Waals surface area contributed by atoms with Crippen molar-refractivity contribution in [3.63, 3.8) is 0 Å². The molecule has 0 unspecified atom stereocenters. The second-order valence-corrected chi connectivity index (χ2v) is 9.39. The lowest BCUT2D eigenvalue weighted by Gasteiger charge is -2.28. The Labute approximate surface area is 201 Å². The number of esters is 1. The first kappa shape index (κ1) is 23.3. The third kappa shape index (κ3) is 4.89. The standard InChI is InChI=1S/C24H22Cl2N2O5/c1-13-5-7-15(8-6-13)27-21(29)12-33-24(32)14-3-2-4-16(9-14)28-22(30)17-10-19(25)20(26)11-18(17)23(28)31/h2-9,17-20H,10-12H2,1H3,(H,27,29)/t17-,18+,19-,20-/m0/s1. The van der Waals surface area contributed by atoms with E-state index in [0.29, 0.717) is 18.5 Å². The summed E-state index contributed by atoms with van der Waals surface area (Å²) < 4.78 is 5.11. The fourth-order valence-electron chi connectivity index (χ4n) is 4.17. The SMILES string of the molecule is Cc1ccc(NC(=O)COC(=O)c2cccc(N3C(=O)[C@H]4C[C@H](Cl)[C@@H](Cl)C[C@H]4C3=O)c2)cc1. The van der Waals surface area contributed by atoms with Gasteiger partial charge in [-0.1, -0.05) is 23.8 Å². The highest BCUT2D eigenvalue weighted by Gasteiger charge is 2.52. The zero-order chi connectivity index (χ0) is 23.7. The average Bonchev–Trinajstić information content (AvgIpc) is 3.03. The number of ether oxygens (including phenoxy) is 1. The highest BCUT2D eigenvalue weighted by molar-refractivity contribution is 6.31. The quantitative estimate of drug-likeness (QED) is 0.391. The number of amides is 3. The van der Waals surface area contributed by atoms with Crippen LogP contribution in [0.25, 0.3) is 0 Å². The lowest BCUT2D eigenvalue weighted by Crippen LogP contribution is -2.34. The molecule has 172 valence electrons. The average molecular weight is 489 g/mol. The van der Waals surface area contributed by atoms with Crippen LogP contribution in [0.3, 0.4) is 0 Å². The first-order chi connectivity index (χ1) is 15.7. The summed E-state index contributed by atoms with van der Waals surface area (Å²) in [4.78, 5) is 51.5. The highest BCUT2D eigenvalue weighted by Crippen LogP contribution is 2.43. The van der Waals surface area contributed by atoms with Crippen molar-refractivity contribution in [2.45, 2.75) is 30.5 Å². The molecule has 2 aromatic carbocycles. The van der Waals surface area contributed by atoms with Crippen LogP contribution in [0, 0.1) is 18.8 Å². The Hall–Kier alpha value is -2.90. The Bertz CT molecular complexity index is 1080. The van der Waals surface area contributed by atoms with Gasteiger partial charge in [-0.25, -0.2) is 4.79 Å². The van der Waals surface area contributed by atoms with Crippen molar-refractivity contribution in [3.8, 4) is 0 Å². The van der Waals surface area contributed by atoms with E-state index >= 15 is 0 Å². The number of alkyl halides is 2. The van der Waals surface area contributed by atoms with Gasteiger partial charge in [-0.2, -0.15) is 0 Å². The predicted molar refractivity (Wildman–Crippen MR) is 125 cm³/mol. The zero-order valence-electron chi connectivity index (χ0n) is 17.8. The fraction of sp³-hybridized carbons (Fsp3) is 0.333. The molecule has 0 spiro atoms. The molecule has 9 heteroatoms. The molecule has 0 radical (unpaired) electrons. The number of imide groups is 1. The summed E-state index contributed by atoms with van der Waals surface area (Å²) in [5.74, 6) is -2.95. The summed E-state index contributed by atoms with van der Waals surface area (Å²) in [5.41, 5.74) is 2.04. The van der Waals surface area contributed by atoms with Crippen LogP contribution in [-0.2, 0) is 19.1 Å². The fourth-order valence-corrected chi connectivity index (χ4v) is 4.76. The molecule has 2 aromatic rings. The molecule has 1 aliphatic carbocycles. The molecule has 3 amide bonds. The first-order valence-electron chi connectivity index (χ1n) is 10.5. The van der Waals surface area contributed by atoms with Crippen molar-refractivity contribution in [3.05, 3.63) is 59.7 Å². The van der Waals surface area contributed by atoms with E-state index in [-0.39, 0.29) is 33.8 Å². The molecule has 1 N–H and O–H groups in total. The van der Waals surface area contributed by atoms with Gasteiger partial charge >= 0.3 is 5.97 Å². The van der Waals surface area contributed by atoms with Gasteiger partial charge < -0.3 is 10.1 Å². The number of carbonyl (C=O) groups excluding carboxylic acids is 4. The van der Waals surface area contributed by atoms with Crippen LogP contribution in [-0.4, -0.2) is 41.1 Å². The Morgan fingerprint density at radius 2 is 1.61 bits per heavy atom. The summed E-state index contributed by atoms with van der Waals surface area (Å²) >= 11 is 12.4. The number of nitrogens with one attached hydrogen (secondary N) is 1. The van der Waals surface area contributed by atoms with Gasteiger partial charge in [0.2, 0.25) is 11.8 Å². The van der Waals surface area contributed by atoms with Crippen LogP contribution in [0.5, 0.6) is 0 Å². The molecule has 33 heavy (non-hydrogen) atoms. The Kier molecular flexibility index (Phi) is 6.72. The summed E-state index contributed by atoms with van der Waals surface area (Å²) in [5, 5.41) is 1.89. The van der Waals surface area contributed by atoms with Crippen LogP contribution >= 0.6 is 23.2 Å². The normalized spacial score (nSPS) is 24.4. The Morgan fingerprint density at radius 3 is 2.21 bits per heavy atom. The molecule has 1 aliphatic heterocycles. The molecule has 0 aromatic heterocycles. The third-order valence-corrected chi connectivity index (χ3v) is 7.01. The van der Waals surface area contributed by atoms with Gasteiger partial charge in [-0.05, 0) is 50.1 Å². The van der Waals surface area contributed by atoms with E-state index in [2.05, 4.69) is 5.32 Å². The number of hydrogen-bond acceptors (Lipinski definition) is 5. The number of nitrogens with zero attached hydrogens (tertiary/aromatic N) is 1. The summed E-state index contributed by atoms with van der Waals surface area (Å²) in [7, 11) is 0. The van der Waals surface area contributed by atoms with Crippen molar-refractivity contribution in [2.24, 2.45) is 11.8 Å². The number of rotatable bonds is 5. The monoisotopic (exact) mass is 488 g/mol. The van der Waals surface area contributed by atoms with Crippen molar-refractivity contribution >= 4 is 58.3 Å². The van der Waals surface area contributed by atoms with Crippen molar-refractivity contribution in [1.29, 1.82) is 0 Å². The van der Waals surface area contributed by atoms with E-state index in [1.807, 2.05) is 19.1 Å². The van der Waals surface area contributed by atoms with Gasteiger partial charge in [0.25, 0.3) is 5.91 Å². The van der Waals surface area contributed by atoms with Gasteiger partial charge in [0, 0.05) is 5.69 Å². The van der Waals surface area contributed by atoms with Crippen molar-refractivity contribution in [2.75, 3.05) is 16.8 Å². The largest absolute Gasteiger partial charge is 0.452 e. The molecular formula is C24H22Cl2N2O5. The second-order valence-electron chi connectivity index (χ2n) is 8.27. The van der Waals surface area contributed by atoms with Crippen molar-refractivity contribution in [1.82, 2.24) is 0 Å². The van der Waals surface area contributed by atoms with Crippen LogP contribution in [0.2, 0.25) is 0 Å². The summed E-state index contributed by atoms with van der Waals surface area (Å²) in [6.07, 6.45) is 0.665. The van der Waals surface area contributed by atoms with Gasteiger partial charge in [0.1, 0.15) is 0 Å². The summed E-state index contributed by atoms with van der Waals surface area (Å²) in [6, 6.07) is 13.2. The zero-order valence-corrected chi connectivity index (χ0v) is 19.3. The minimum Gasteiger partial charge on any atom is -0.452 e. The molecule has 4 atom stereocenters. The number of benzene rings is 2. The van der Waals surface area contributed by atoms with Crippen LogP contribution in [0.4, 0.5) is 11.4 Å². The minimum absolute atomic E-state index is 0.122. The molecule has 2 aliphatic rings. The topological polar surface area (TPSA) is 92.8 Å². The number of fused-ring (bicyclic) bond motifs is 1. The first-order valence-corrected chi connectivity index (χ1v) is 11.4. The van der Waals surface area contributed by atoms with Crippen LogP contribution in [0.15, 0.2) is 48.5 Å². The van der Waals surface area contributed by atoms with Crippen molar-refractivity contribution < 1.29 is 23.9 Å².